The van der Waals surface area contributed by atoms with Crippen molar-refractivity contribution in [3.8, 4) is 0 Å². The van der Waals surface area contributed by atoms with E-state index in [9.17, 15) is 4.79 Å². The molecule has 0 N–H and O–H groups in total. The number of nitrogens with zero attached hydrogens (tertiary/aromatic N) is 1. The van der Waals surface area contributed by atoms with Crippen LogP contribution in [0.2, 0.25) is 0 Å². The van der Waals surface area contributed by atoms with Gasteiger partial charge in [0, 0.05) is 24.0 Å². The zero-order valence-electron chi connectivity index (χ0n) is 14.4. The van der Waals surface area contributed by atoms with Crippen LogP contribution in [0, 0.1) is 20.8 Å². The van der Waals surface area contributed by atoms with E-state index < -0.39 is 0 Å². The number of esters is 1. The first-order valence-corrected chi connectivity index (χ1v) is 8.30. The molecule has 2 aromatic rings. The van der Waals surface area contributed by atoms with Crippen molar-refractivity contribution in [1.82, 2.24) is 4.90 Å². The molecule has 23 heavy (non-hydrogen) atoms. The van der Waals surface area contributed by atoms with E-state index in [1.54, 1.807) is 6.26 Å². The summed E-state index contributed by atoms with van der Waals surface area (Å²) in [6, 6.07) is 2.15. The summed E-state index contributed by atoms with van der Waals surface area (Å²) in [5, 5.41) is 1.06. The molecule has 0 bridgehead atoms. The zero-order valence-corrected chi connectivity index (χ0v) is 14.4. The van der Waals surface area contributed by atoms with E-state index in [1.165, 1.54) is 5.56 Å². The second kappa shape index (κ2) is 6.36. The van der Waals surface area contributed by atoms with Gasteiger partial charge < -0.3 is 14.1 Å². The zero-order chi connectivity index (χ0) is 16.6. The van der Waals surface area contributed by atoms with Crippen molar-refractivity contribution < 1.29 is 13.9 Å². The quantitative estimate of drug-likeness (QED) is 0.813. The molecule has 3 rings (SSSR count). The molecule has 1 fully saturated rings. The number of carbonyl (C=O) groups excluding carboxylic acids is 1. The lowest BCUT2D eigenvalue weighted by molar-refractivity contribution is -0.150. The maximum Gasteiger partial charge on any atom is 0.310 e. The number of hydrogen-bond acceptors (Lipinski definition) is 4. The Morgan fingerprint density at radius 1 is 1.26 bits per heavy atom. The second-order valence-corrected chi connectivity index (χ2v) is 6.77. The molecule has 1 aliphatic rings. The SMILES string of the molecule is Cc1cc(C)c2c(CC(=O)OC3CCN(C)CC3)coc2c1C. The molecule has 0 aliphatic carbocycles. The third-order valence-electron chi connectivity index (χ3n) is 4.93. The fourth-order valence-corrected chi connectivity index (χ4v) is 3.40. The van der Waals surface area contributed by atoms with Crippen LogP contribution in [-0.2, 0) is 16.0 Å². The summed E-state index contributed by atoms with van der Waals surface area (Å²) in [4.78, 5) is 14.6. The molecular weight excluding hydrogens is 290 g/mol. The van der Waals surface area contributed by atoms with Crippen molar-refractivity contribution in [2.45, 2.75) is 46.1 Å². The van der Waals surface area contributed by atoms with Crippen LogP contribution in [0.15, 0.2) is 16.7 Å². The Balaban J connectivity index is 1.74. The second-order valence-electron chi connectivity index (χ2n) is 6.77. The lowest BCUT2D eigenvalue weighted by Gasteiger charge is -2.28. The number of carbonyl (C=O) groups is 1. The van der Waals surface area contributed by atoms with E-state index in [1.807, 2.05) is 0 Å². The lowest BCUT2D eigenvalue weighted by atomic mass is 9.99. The molecule has 2 heterocycles. The van der Waals surface area contributed by atoms with Crippen molar-refractivity contribution in [3.63, 3.8) is 0 Å². The maximum atomic E-state index is 12.3. The number of likely N-dealkylation sites (tertiary alicyclic amines) is 1. The van der Waals surface area contributed by atoms with E-state index >= 15 is 0 Å². The average molecular weight is 315 g/mol. The minimum atomic E-state index is -0.153. The number of ether oxygens (including phenoxy) is 1. The van der Waals surface area contributed by atoms with Crippen molar-refractivity contribution in [2.24, 2.45) is 0 Å². The number of fused-ring (bicyclic) bond motifs is 1. The highest BCUT2D eigenvalue weighted by Gasteiger charge is 2.22. The molecule has 0 unspecified atom stereocenters. The first-order chi connectivity index (χ1) is 11.0. The van der Waals surface area contributed by atoms with E-state index in [0.29, 0.717) is 0 Å². The molecule has 0 saturated carbocycles. The summed E-state index contributed by atoms with van der Waals surface area (Å²) in [6.07, 6.45) is 3.89. The van der Waals surface area contributed by atoms with Crippen molar-refractivity contribution in [3.05, 3.63) is 34.6 Å². The fraction of sp³-hybridized carbons (Fsp3) is 0.526. The molecular formula is C19H25NO3. The number of aryl methyl sites for hydroxylation is 3. The minimum absolute atomic E-state index is 0.0574. The van der Waals surface area contributed by atoms with Crippen molar-refractivity contribution in [2.75, 3.05) is 20.1 Å². The predicted octanol–water partition coefficient (Wildman–Crippen LogP) is 3.54. The molecule has 1 aromatic heterocycles. The van der Waals surface area contributed by atoms with Gasteiger partial charge in [0.05, 0.1) is 12.7 Å². The van der Waals surface area contributed by atoms with Crippen LogP contribution < -0.4 is 0 Å². The molecule has 0 atom stereocenters. The molecule has 0 spiro atoms. The van der Waals surface area contributed by atoms with Gasteiger partial charge in [0.1, 0.15) is 11.7 Å². The number of hydrogen-bond donors (Lipinski definition) is 0. The molecule has 1 aromatic carbocycles. The van der Waals surface area contributed by atoms with Crippen LogP contribution in [0.25, 0.3) is 11.0 Å². The van der Waals surface area contributed by atoms with Crippen molar-refractivity contribution >= 4 is 16.9 Å². The number of benzene rings is 1. The van der Waals surface area contributed by atoms with E-state index in [2.05, 4.69) is 38.8 Å². The highest BCUT2D eigenvalue weighted by atomic mass is 16.5. The van der Waals surface area contributed by atoms with Gasteiger partial charge in [0.25, 0.3) is 0 Å². The van der Waals surface area contributed by atoms with Gasteiger partial charge >= 0.3 is 5.97 Å². The van der Waals surface area contributed by atoms with Crippen LogP contribution in [0.5, 0.6) is 0 Å². The molecule has 4 heteroatoms. The van der Waals surface area contributed by atoms with E-state index in [-0.39, 0.29) is 18.5 Å². The number of furan rings is 1. The Morgan fingerprint density at radius 2 is 1.96 bits per heavy atom. The van der Waals surface area contributed by atoms with Gasteiger partial charge in [-0.25, -0.2) is 0 Å². The van der Waals surface area contributed by atoms with Crippen molar-refractivity contribution in [1.29, 1.82) is 0 Å². The monoisotopic (exact) mass is 315 g/mol. The summed E-state index contributed by atoms with van der Waals surface area (Å²) in [5.74, 6) is -0.153. The summed E-state index contributed by atoms with van der Waals surface area (Å²) >= 11 is 0. The first-order valence-electron chi connectivity index (χ1n) is 8.30. The number of piperidine rings is 1. The Kier molecular flexibility index (Phi) is 4.44. The molecule has 0 amide bonds. The van der Waals surface area contributed by atoms with Gasteiger partial charge in [-0.3, -0.25) is 4.79 Å². The fourth-order valence-electron chi connectivity index (χ4n) is 3.40. The molecule has 4 nitrogen and oxygen atoms in total. The first kappa shape index (κ1) is 16.1. The van der Waals surface area contributed by atoms with Crippen LogP contribution >= 0.6 is 0 Å². The van der Waals surface area contributed by atoms with Gasteiger partial charge in [0.15, 0.2) is 0 Å². The molecule has 124 valence electrons. The van der Waals surface area contributed by atoms with Gasteiger partial charge in [0.2, 0.25) is 0 Å². The van der Waals surface area contributed by atoms with E-state index in [0.717, 1.165) is 53.6 Å². The minimum Gasteiger partial charge on any atom is -0.464 e. The Hall–Kier alpha value is -1.81. The Bertz CT molecular complexity index is 724. The molecule has 1 saturated heterocycles. The third kappa shape index (κ3) is 3.27. The van der Waals surface area contributed by atoms with Gasteiger partial charge in [-0.05, 0) is 57.4 Å². The maximum absolute atomic E-state index is 12.3. The average Bonchev–Trinajstić information content (AvgIpc) is 2.91. The van der Waals surface area contributed by atoms with Gasteiger partial charge in [-0.2, -0.15) is 0 Å². The topological polar surface area (TPSA) is 42.7 Å². The summed E-state index contributed by atoms with van der Waals surface area (Å²) in [7, 11) is 2.10. The van der Waals surface area contributed by atoms with Crippen LogP contribution in [0.3, 0.4) is 0 Å². The van der Waals surface area contributed by atoms with Gasteiger partial charge in [-0.15, -0.1) is 0 Å². The Morgan fingerprint density at radius 3 is 2.65 bits per heavy atom. The smallest absolute Gasteiger partial charge is 0.310 e. The summed E-state index contributed by atoms with van der Waals surface area (Å²) in [5.41, 5.74) is 5.33. The third-order valence-corrected chi connectivity index (χ3v) is 4.93. The highest BCUT2D eigenvalue weighted by molar-refractivity contribution is 5.90. The largest absolute Gasteiger partial charge is 0.464 e. The molecule has 0 radical (unpaired) electrons. The summed E-state index contributed by atoms with van der Waals surface area (Å²) < 4.78 is 11.4. The Labute approximate surface area is 137 Å². The normalized spacial score (nSPS) is 16.9. The predicted molar refractivity (Wildman–Crippen MR) is 90.7 cm³/mol. The van der Waals surface area contributed by atoms with Crippen LogP contribution in [0.4, 0.5) is 0 Å². The highest BCUT2D eigenvalue weighted by Crippen LogP contribution is 2.30. The van der Waals surface area contributed by atoms with Crippen LogP contribution in [-0.4, -0.2) is 37.1 Å². The van der Waals surface area contributed by atoms with Gasteiger partial charge in [-0.1, -0.05) is 6.07 Å². The van der Waals surface area contributed by atoms with E-state index in [4.69, 9.17) is 9.15 Å². The summed E-state index contributed by atoms with van der Waals surface area (Å²) in [6.45, 7) is 8.18. The van der Waals surface area contributed by atoms with Crippen LogP contribution in [0.1, 0.15) is 35.1 Å². The standard InChI is InChI=1S/C19H25NO3/c1-12-9-13(2)18-15(11-22-19(18)14(12)3)10-17(21)23-16-5-7-20(4)8-6-16/h9,11,16H,5-8,10H2,1-4H3. The molecule has 1 aliphatic heterocycles. The number of rotatable bonds is 3. The lowest BCUT2D eigenvalue weighted by Crippen LogP contribution is -2.35.